The molecule has 3 aromatic rings. The lowest BCUT2D eigenvalue weighted by atomic mass is 9.99. The molecule has 0 saturated heterocycles. The van der Waals surface area contributed by atoms with Crippen LogP contribution < -0.4 is 0 Å². The molecule has 0 radical (unpaired) electrons. The molecule has 0 aliphatic carbocycles. The zero-order valence-electron chi connectivity index (χ0n) is 11.3. The number of hydrogen-bond acceptors (Lipinski definition) is 2. The molecule has 0 spiro atoms. The van der Waals surface area contributed by atoms with E-state index in [1.807, 2.05) is 37.3 Å². The summed E-state index contributed by atoms with van der Waals surface area (Å²) < 4.78 is 6.61. The van der Waals surface area contributed by atoms with Gasteiger partial charge in [-0.3, -0.25) is 4.79 Å². The van der Waals surface area contributed by atoms with Crippen LogP contribution in [0.25, 0.3) is 11.0 Å². The predicted octanol–water partition coefficient (Wildman–Crippen LogP) is 5.64. The number of fused-ring (bicyclic) bond motifs is 1. The van der Waals surface area contributed by atoms with Crippen LogP contribution in [0.3, 0.4) is 0 Å². The van der Waals surface area contributed by atoms with Gasteiger partial charge in [-0.05, 0) is 24.3 Å². The van der Waals surface area contributed by atoms with E-state index < -0.39 is 0 Å². The molecule has 3 rings (SSSR count). The van der Waals surface area contributed by atoms with Crippen molar-refractivity contribution >= 4 is 44.3 Å². The molecule has 0 atom stereocenters. The van der Waals surface area contributed by atoms with Gasteiger partial charge >= 0.3 is 0 Å². The summed E-state index contributed by atoms with van der Waals surface area (Å²) in [6.07, 6.45) is 0.654. The highest BCUT2D eigenvalue weighted by Crippen LogP contribution is 2.31. The van der Waals surface area contributed by atoms with Gasteiger partial charge in [0.25, 0.3) is 0 Å². The van der Waals surface area contributed by atoms with E-state index in [0.29, 0.717) is 28.3 Å². The maximum absolute atomic E-state index is 12.9. The second-order valence-corrected chi connectivity index (χ2v) is 6.03. The van der Waals surface area contributed by atoms with Gasteiger partial charge in [0.05, 0.1) is 10.6 Å². The quantitative estimate of drug-likeness (QED) is 0.563. The van der Waals surface area contributed by atoms with Crippen molar-refractivity contribution in [1.29, 1.82) is 0 Å². The Morgan fingerprint density at radius 3 is 2.76 bits per heavy atom. The number of para-hydroxylation sites is 1. The molecule has 1 heterocycles. The Balaban J connectivity index is 2.24. The first-order valence-electron chi connectivity index (χ1n) is 6.62. The molecular weight excluding hydrogens is 352 g/mol. The van der Waals surface area contributed by atoms with Crippen molar-refractivity contribution in [3.63, 3.8) is 0 Å². The number of benzene rings is 2. The third-order valence-corrected chi connectivity index (χ3v) is 4.21. The highest BCUT2D eigenvalue weighted by atomic mass is 79.9. The van der Waals surface area contributed by atoms with Crippen LogP contribution in [0.5, 0.6) is 0 Å². The summed E-state index contributed by atoms with van der Waals surface area (Å²) in [7, 11) is 0. The lowest BCUT2D eigenvalue weighted by Gasteiger charge is -2.05. The van der Waals surface area contributed by atoms with E-state index >= 15 is 0 Å². The molecule has 0 saturated carbocycles. The molecule has 0 bridgehead atoms. The topological polar surface area (TPSA) is 30.2 Å². The van der Waals surface area contributed by atoms with Crippen LogP contribution in [0.1, 0.15) is 28.6 Å². The number of halogens is 2. The van der Waals surface area contributed by atoms with Crippen molar-refractivity contribution in [2.45, 2.75) is 13.3 Å². The van der Waals surface area contributed by atoms with E-state index in [1.54, 1.807) is 12.1 Å². The van der Waals surface area contributed by atoms with E-state index in [1.165, 1.54) is 0 Å². The Kier molecular flexibility index (Phi) is 3.87. The van der Waals surface area contributed by atoms with Crippen molar-refractivity contribution in [3.8, 4) is 0 Å². The third-order valence-electron chi connectivity index (χ3n) is 3.39. The van der Waals surface area contributed by atoms with Crippen molar-refractivity contribution in [3.05, 3.63) is 68.8 Å². The van der Waals surface area contributed by atoms with Gasteiger partial charge in [0.2, 0.25) is 0 Å². The molecule has 0 aliphatic rings. The largest absolute Gasteiger partial charge is 0.460 e. The van der Waals surface area contributed by atoms with Crippen LogP contribution in [-0.4, -0.2) is 5.78 Å². The second-order valence-electron chi connectivity index (χ2n) is 4.70. The van der Waals surface area contributed by atoms with Crippen molar-refractivity contribution in [2.75, 3.05) is 0 Å². The van der Waals surface area contributed by atoms with Gasteiger partial charge in [0.15, 0.2) is 5.78 Å². The predicted molar refractivity (Wildman–Crippen MR) is 88.2 cm³/mol. The molecule has 0 unspecified atom stereocenters. The van der Waals surface area contributed by atoms with E-state index in [2.05, 4.69) is 15.9 Å². The van der Waals surface area contributed by atoms with E-state index in [-0.39, 0.29) is 5.78 Å². The molecule has 1 aromatic heterocycles. The Labute approximate surface area is 135 Å². The summed E-state index contributed by atoms with van der Waals surface area (Å²) in [6, 6.07) is 12.8. The first kappa shape index (κ1) is 14.4. The fourth-order valence-corrected chi connectivity index (χ4v) is 2.96. The highest BCUT2D eigenvalue weighted by Gasteiger charge is 2.22. The molecule has 2 aromatic carbocycles. The van der Waals surface area contributed by atoms with Crippen LogP contribution in [0.4, 0.5) is 0 Å². The lowest BCUT2D eigenvalue weighted by Crippen LogP contribution is -2.04. The average molecular weight is 364 g/mol. The van der Waals surface area contributed by atoms with Gasteiger partial charge in [0, 0.05) is 21.8 Å². The minimum Gasteiger partial charge on any atom is -0.460 e. The van der Waals surface area contributed by atoms with Crippen LogP contribution in [0.15, 0.2) is 51.4 Å². The Bertz CT molecular complexity index is 836. The number of furan rings is 1. The summed E-state index contributed by atoms with van der Waals surface area (Å²) in [5, 5.41) is 1.27. The number of rotatable bonds is 3. The van der Waals surface area contributed by atoms with Gasteiger partial charge in [-0.2, -0.15) is 0 Å². The van der Waals surface area contributed by atoms with Crippen LogP contribution in [-0.2, 0) is 6.42 Å². The zero-order chi connectivity index (χ0) is 15.0. The fourth-order valence-electron chi connectivity index (χ4n) is 2.40. The summed E-state index contributed by atoms with van der Waals surface area (Å²) >= 11 is 9.56. The van der Waals surface area contributed by atoms with Crippen LogP contribution >= 0.6 is 27.5 Å². The molecule has 0 fully saturated rings. The maximum atomic E-state index is 12.9. The lowest BCUT2D eigenvalue weighted by molar-refractivity contribution is 0.103. The molecule has 0 N–H and O–H groups in total. The summed E-state index contributed by atoms with van der Waals surface area (Å²) in [6.45, 7) is 1.97. The fraction of sp³-hybridized carbons (Fsp3) is 0.118. The van der Waals surface area contributed by atoms with Crippen molar-refractivity contribution < 1.29 is 9.21 Å². The molecule has 0 aliphatic heterocycles. The number of carbonyl (C=O) groups is 1. The Morgan fingerprint density at radius 1 is 1.24 bits per heavy atom. The van der Waals surface area contributed by atoms with Crippen molar-refractivity contribution in [2.24, 2.45) is 0 Å². The van der Waals surface area contributed by atoms with Crippen LogP contribution in [0.2, 0.25) is 5.02 Å². The number of hydrogen-bond donors (Lipinski definition) is 0. The molecular formula is C17H12BrClO2. The normalized spacial score (nSPS) is 11.0. The van der Waals surface area contributed by atoms with E-state index in [9.17, 15) is 4.79 Å². The number of aryl methyl sites for hydroxylation is 1. The zero-order valence-corrected chi connectivity index (χ0v) is 13.7. The molecule has 21 heavy (non-hydrogen) atoms. The molecule has 4 heteroatoms. The smallest absolute Gasteiger partial charge is 0.198 e. The van der Waals surface area contributed by atoms with Crippen molar-refractivity contribution in [1.82, 2.24) is 0 Å². The molecule has 106 valence electrons. The Hall–Kier alpha value is -1.58. The van der Waals surface area contributed by atoms with Gasteiger partial charge in [0.1, 0.15) is 11.3 Å². The first-order chi connectivity index (χ1) is 10.1. The number of ketones is 1. The molecule has 2 nitrogen and oxygen atoms in total. The summed E-state index contributed by atoms with van der Waals surface area (Å²) in [4.78, 5) is 12.9. The second kappa shape index (κ2) is 5.66. The number of carbonyl (C=O) groups excluding carboxylic acids is 1. The monoisotopic (exact) mass is 362 g/mol. The van der Waals surface area contributed by atoms with Gasteiger partial charge in [-0.15, -0.1) is 0 Å². The SMILES string of the molecule is CCc1oc2ccccc2c1C(=O)c1cc(Br)ccc1Cl. The summed E-state index contributed by atoms with van der Waals surface area (Å²) in [5.74, 6) is 0.584. The minimum atomic E-state index is -0.108. The van der Waals surface area contributed by atoms with Gasteiger partial charge in [-0.25, -0.2) is 0 Å². The maximum Gasteiger partial charge on any atom is 0.198 e. The van der Waals surface area contributed by atoms with Crippen LogP contribution in [0, 0.1) is 0 Å². The average Bonchev–Trinajstić information content (AvgIpc) is 2.87. The van der Waals surface area contributed by atoms with Gasteiger partial charge < -0.3 is 4.42 Å². The van der Waals surface area contributed by atoms with Gasteiger partial charge in [-0.1, -0.05) is 52.7 Å². The minimum absolute atomic E-state index is 0.108. The standard InChI is InChI=1S/C17H12BrClO2/c1-2-14-16(11-5-3-4-6-15(11)21-14)17(20)12-9-10(18)7-8-13(12)19/h3-9H,2H2,1H3. The molecule has 0 amide bonds. The van der Waals surface area contributed by atoms with E-state index in [4.69, 9.17) is 16.0 Å². The highest BCUT2D eigenvalue weighted by molar-refractivity contribution is 9.10. The Morgan fingerprint density at radius 2 is 2.00 bits per heavy atom. The summed E-state index contributed by atoms with van der Waals surface area (Å²) in [5.41, 5.74) is 1.81. The first-order valence-corrected chi connectivity index (χ1v) is 7.79. The third kappa shape index (κ3) is 2.52. The van der Waals surface area contributed by atoms with E-state index in [0.717, 1.165) is 15.4 Å².